The van der Waals surface area contributed by atoms with Gasteiger partial charge in [-0.25, -0.2) is 0 Å². The highest BCUT2D eigenvalue weighted by atomic mass is 32.1. The molecule has 0 aromatic carbocycles. The van der Waals surface area contributed by atoms with E-state index in [9.17, 15) is 4.79 Å². The minimum atomic E-state index is 0.163. The first-order valence-corrected chi connectivity index (χ1v) is 11.0. The van der Waals surface area contributed by atoms with Gasteiger partial charge in [-0.3, -0.25) is 9.69 Å². The highest BCUT2D eigenvalue weighted by Crippen LogP contribution is 2.52. The fourth-order valence-electron chi connectivity index (χ4n) is 5.37. The molecule has 1 aromatic heterocycles. The predicted octanol–water partition coefficient (Wildman–Crippen LogP) is 3.72. The van der Waals surface area contributed by atoms with Gasteiger partial charge in [0.2, 0.25) is 5.91 Å². The van der Waals surface area contributed by atoms with Gasteiger partial charge in [0, 0.05) is 37.6 Å². The molecule has 2 aliphatic heterocycles. The summed E-state index contributed by atoms with van der Waals surface area (Å²) in [7, 11) is 4.43. The Hall–Kier alpha value is -0.910. The van der Waals surface area contributed by atoms with Crippen LogP contribution in [0.4, 0.5) is 0 Å². The van der Waals surface area contributed by atoms with Gasteiger partial charge in [-0.05, 0) is 75.4 Å². The van der Waals surface area contributed by atoms with Crippen molar-refractivity contribution in [2.75, 3.05) is 40.4 Å². The number of carbonyl (C=O) groups excluding carboxylic acids is 1. The molecule has 3 heterocycles. The Morgan fingerprint density at radius 3 is 2.58 bits per heavy atom. The number of ether oxygens (including phenoxy) is 1. The zero-order chi connectivity index (χ0) is 18.2. The lowest BCUT2D eigenvalue weighted by molar-refractivity contribution is -0.128. The summed E-state index contributed by atoms with van der Waals surface area (Å²) in [6.07, 6.45) is 7.65. The third kappa shape index (κ3) is 3.34. The van der Waals surface area contributed by atoms with Gasteiger partial charge >= 0.3 is 0 Å². The smallest absolute Gasteiger partial charge is 0.223 e. The third-order valence-electron chi connectivity index (χ3n) is 7.20. The van der Waals surface area contributed by atoms with Crippen LogP contribution in [0.25, 0.3) is 0 Å². The Kier molecular flexibility index (Phi) is 5.15. The molecule has 144 valence electrons. The van der Waals surface area contributed by atoms with Crippen molar-refractivity contribution >= 4 is 17.2 Å². The van der Waals surface area contributed by atoms with Gasteiger partial charge in [-0.15, -0.1) is 11.3 Å². The monoisotopic (exact) mass is 376 g/mol. The molecular weight excluding hydrogens is 344 g/mol. The molecule has 0 unspecified atom stereocenters. The van der Waals surface area contributed by atoms with Gasteiger partial charge in [0.1, 0.15) is 0 Å². The van der Waals surface area contributed by atoms with Gasteiger partial charge in [0.25, 0.3) is 0 Å². The summed E-state index contributed by atoms with van der Waals surface area (Å²) in [5.74, 6) is 1.03. The third-order valence-corrected chi connectivity index (χ3v) is 8.26. The first kappa shape index (κ1) is 18.5. The molecule has 4 nitrogen and oxygen atoms in total. The van der Waals surface area contributed by atoms with E-state index in [1.165, 1.54) is 30.6 Å². The van der Waals surface area contributed by atoms with Crippen molar-refractivity contribution in [1.29, 1.82) is 0 Å². The molecule has 2 saturated heterocycles. The molecule has 1 spiro atoms. The fraction of sp³-hybridized carbons (Fsp3) is 0.762. The number of hydrogen-bond donors (Lipinski definition) is 0. The standard InChI is InChI=1S/C21H32N2O2S/c1-22(2)21(18-4-3-13-26-18)9-7-20(8-10-21)14-19(24)23(16-20)15-17-5-11-25-12-6-17/h3-4,13,17H,5-12,14-16H2,1-2H3. The number of thiophene rings is 1. The van der Waals surface area contributed by atoms with Crippen LogP contribution >= 0.6 is 11.3 Å². The first-order chi connectivity index (χ1) is 12.5. The number of carbonyl (C=O) groups is 1. The van der Waals surface area contributed by atoms with Gasteiger partial charge < -0.3 is 9.64 Å². The molecule has 0 radical (unpaired) electrons. The maximum absolute atomic E-state index is 12.7. The molecule has 1 aliphatic carbocycles. The van der Waals surface area contributed by atoms with Crippen LogP contribution in [0.5, 0.6) is 0 Å². The van der Waals surface area contributed by atoms with Crippen molar-refractivity contribution in [1.82, 2.24) is 9.80 Å². The van der Waals surface area contributed by atoms with Crippen LogP contribution < -0.4 is 0 Å². The van der Waals surface area contributed by atoms with Gasteiger partial charge in [-0.1, -0.05) is 6.07 Å². The Morgan fingerprint density at radius 2 is 1.96 bits per heavy atom. The molecule has 3 fully saturated rings. The lowest BCUT2D eigenvalue weighted by Crippen LogP contribution is -2.47. The fourth-order valence-corrected chi connectivity index (χ4v) is 6.44. The molecule has 3 aliphatic rings. The quantitative estimate of drug-likeness (QED) is 0.803. The Bertz CT molecular complexity index is 614. The molecular formula is C21H32N2O2S. The second-order valence-electron chi connectivity index (χ2n) is 8.91. The van der Waals surface area contributed by atoms with Crippen LogP contribution in [0.3, 0.4) is 0 Å². The lowest BCUT2D eigenvalue weighted by Gasteiger charge is -2.48. The second-order valence-corrected chi connectivity index (χ2v) is 9.86. The van der Waals surface area contributed by atoms with E-state index in [0.29, 0.717) is 11.8 Å². The normalized spacial score (nSPS) is 33.5. The highest BCUT2D eigenvalue weighted by molar-refractivity contribution is 7.10. The van der Waals surface area contributed by atoms with Crippen molar-refractivity contribution in [2.45, 2.75) is 50.5 Å². The topological polar surface area (TPSA) is 32.8 Å². The molecule has 0 bridgehead atoms. The van der Waals surface area contributed by atoms with E-state index < -0.39 is 0 Å². The average molecular weight is 377 g/mol. The lowest BCUT2D eigenvalue weighted by atomic mass is 9.66. The van der Waals surface area contributed by atoms with Crippen LogP contribution in [-0.2, 0) is 15.1 Å². The zero-order valence-corrected chi connectivity index (χ0v) is 17.0. The van der Waals surface area contributed by atoms with Crippen LogP contribution in [0.2, 0.25) is 0 Å². The van der Waals surface area contributed by atoms with Gasteiger partial charge in [0.05, 0.1) is 5.54 Å². The van der Waals surface area contributed by atoms with Crippen LogP contribution in [-0.4, -0.2) is 56.1 Å². The largest absolute Gasteiger partial charge is 0.381 e. The van der Waals surface area contributed by atoms with E-state index in [1.807, 2.05) is 11.3 Å². The predicted molar refractivity (Wildman–Crippen MR) is 105 cm³/mol. The van der Waals surface area contributed by atoms with E-state index in [1.54, 1.807) is 0 Å². The summed E-state index contributed by atoms with van der Waals surface area (Å²) in [5.41, 5.74) is 0.385. The maximum atomic E-state index is 12.7. The van der Waals surface area contributed by atoms with E-state index in [0.717, 1.165) is 45.6 Å². The van der Waals surface area contributed by atoms with Gasteiger partial charge in [0.15, 0.2) is 0 Å². The molecule has 1 aromatic rings. The van der Waals surface area contributed by atoms with E-state index in [4.69, 9.17) is 4.74 Å². The van der Waals surface area contributed by atoms with E-state index in [2.05, 4.69) is 41.4 Å². The summed E-state index contributed by atoms with van der Waals surface area (Å²) in [5, 5.41) is 2.19. The number of hydrogen-bond acceptors (Lipinski definition) is 4. The van der Waals surface area contributed by atoms with E-state index >= 15 is 0 Å². The molecule has 1 amide bonds. The summed E-state index contributed by atoms with van der Waals surface area (Å²) in [6.45, 7) is 3.67. The van der Waals surface area contributed by atoms with Crippen molar-refractivity contribution in [2.24, 2.45) is 11.3 Å². The van der Waals surface area contributed by atoms with Gasteiger partial charge in [-0.2, -0.15) is 0 Å². The minimum Gasteiger partial charge on any atom is -0.381 e. The van der Waals surface area contributed by atoms with E-state index in [-0.39, 0.29) is 11.0 Å². The first-order valence-electron chi connectivity index (χ1n) is 10.1. The van der Waals surface area contributed by atoms with Crippen LogP contribution in [0, 0.1) is 11.3 Å². The Morgan fingerprint density at radius 1 is 1.23 bits per heavy atom. The number of rotatable bonds is 4. The molecule has 1 saturated carbocycles. The molecule has 0 atom stereocenters. The van der Waals surface area contributed by atoms with Crippen LogP contribution in [0.1, 0.15) is 49.8 Å². The van der Waals surface area contributed by atoms with Crippen LogP contribution in [0.15, 0.2) is 17.5 Å². The van der Waals surface area contributed by atoms with Crippen molar-refractivity contribution in [3.63, 3.8) is 0 Å². The molecule has 5 heteroatoms. The highest BCUT2D eigenvalue weighted by Gasteiger charge is 2.50. The van der Waals surface area contributed by atoms with Crippen molar-refractivity contribution in [3.05, 3.63) is 22.4 Å². The summed E-state index contributed by atoms with van der Waals surface area (Å²) in [6, 6.07) is 4.46. The van der Waals surface area contributed by atoms with Crippen molar-refractivity contribution in [3.8, 4) is 0 Å². The number of likely N-dealkylation sites (tertiary alicyclic amines) is 1. The molecule has 0 N–H and O–H groups in total. The second kappa shape index (κ2) is 7.25. The summed E-state index contributed by atoms with van der Waals surface area (Å²) >= 11 is 1.88. The molecule has 4 rings (SSSR count). The van der Waals surface area contributed by atoms with Crippen molar-refractivity contribution < 1.29 is 9.53 Å². The molecule has 26 heavy (non-hydrogen) atoms. The summed E-state index contributed by atoms with van der Waals surface area (Å²) < 4.78 is 5.47. The zero-order valence-electron chi connectivity index (χ0n) is 16.2. The number of nitrogens with zero attached hydrogens (tertiary/aromatic N) is 2. The SMILES string of the molecule is CN(C)C1(c2cccs2)CCC2(CC1)CC(=O)N(CC1CCOCC1)C2. The Labute approximate surface area is 161 Å². The number of amides is 1. The minimum absolute atomic E-state index is 0.163. The Balaban J connectivity index is 1.42. The summed E-state index contributed by atoms with van der Waals surface area (Å²) in [4.78, 5) is 18.8. The average Bonchev–Trinajstić information content (AvgIpc) is 3.26. The maximum Gasteiger partial charge on any atom is 0.223 e.